The molecule has 0 spiro atoms. The number of hydrogen-bond acceptors (Lipinski definition) is 26. The molecule has 24 atom stereocenters. The summed E-state index contributed by atoms with van der Waals surface area (Å²) in [6.45, 7) is -5.13. The minimum atomic E-state index is -2.23. The van der Waals surface area contributed by atoms with E-state index < -0.39 is 193 Å². The van der Waals surface area contributed by atoms with Gasteiger partial charge in [-0.1, -0.05) is 0 Å². The average molecular weight is 872 g/mol. The third-order valence-electron chi connectivity index (χ3n) is 10.3. The Morgan fingerprint density at radius 3 is 1.54 bits per heavy atom. The molecule has 4 aliphatic heterocycles. The number of carbonyl (C=O) groups is 1. The molecule has 4 heterocycles. The van der Waals surface area contributed by atoms with Crippen LogP contribution >= 0.6 is 0 Å². The number of carbonyl (C=O) groups excluding carboxylic acids is 1. The molecular formula is C32H57NO26. The molecule has 4 saturated heterocycles. The fourth-order valence-electron chi connectivity index (χ4n) is 7.06. The number of aliphatic hydroxyl groups is 17. The van der Waals surface area contributed by atoms with Crippen LogP contribution in [0.5, 0.6) is 0 Å². The Balaban J connectivity index is 1.67. The molecule has 4 fully saturated rings. The van der Waals surface area contributed by atoms with Crippen LogP contribution in [0.25, 0.3) is 0 Å². The molecule has 4 aliphatic rings. The first kappa shape index (κ1) is 50.1. The predicted molar refractivity (Wildman–Crippen MR) is 180 cm³/mol. The summed E-state index contributed by atoms with van der Waals surface area (Å²) in [5, 5.41) is 177. The van der Waals surface area contributed by atoms with E-state index in [-0.39, 0.29) is 0 Å². The van der Waals surface area contributed by atoms with E-state index >= 15 is 0 Å². The average Bonchev–Trinajstić information content (AvgIpc) is 3.80. The SMILES string of the molecule is CC(=O)N[C@H]1[C@@H](O[C@H]2[C@@H](O[C@@H](CO)[C@@H](O[C@@H]3O[C@@H]([C@H](O)CO)[C@H](O)[C@H]3O)[C@@H](O)[C@H](O)CO)O[C@@H]([C@H](O)CO)[C@@H]2O)O[C@H](CO)[C@@H](O)[C@@H]1O[C@H]1O[C@@H]([C@H](O)CO)[C@H](O)[C@H]1O. The summed E-state index contributed by atoms with van der Waals surface area (Å²) < 4.78 is 45.3. The second-order valence-corrected chi connectivity index (χ2v) is 14.5. The molecule has 346 valence electrons. The van der Waals surface area contributed by atoms with Gasteiger partial charge in [0.05, 0.1) is 39.6 Å². The van der Waals surface area contributed by atoms with Gasteiger partial charge in [-0.3, -0.25) is 4.79 Å². The molecule has 1 amide bonds. The number of nitrogens with one attached hydrogen (secondary N) is 1. The van der Waals surface area contributed by atoms with Gasteiger partial charge in [-0.2, -0.15) is 0 Å². The van der Waals surface area contributed by atoms with E-state index in [0.717, 1.165) is 6.92 Å². The van der Waals surface area contributed by atoms with Crippen LogP contribution in [0.2, 0.25) is 0 Å². The van der Waals surface area contributed by atoms with Crippen molar-refractivity contribution in [3.8, 4) is 0 Å². The Morgan fingerprint density at radius 2 is 1.05 bits per heavy atom. The summed E-state index contributed by atoms with van der Waals surface area (Å²) in [4.78, 5) is 12.5. The maximum Gasteiger partial charge on any atom is 0.217 e. The number of amides is 1. The van der Waals surface area contributed by atoms with Crippen molar-refractivity contribution in [2.24, 2.45) is 0 Å². The maximum absolute atomic E-state index is 12.5. The first-order valence-electron chi connectivity index (χ1n) is 18.5. The van der Waals surface area contributed by atoms with Crippen molar-refractivity contribution in [3.63, 3.8) is 0 Å². The zero-order chi connectivity index (χ0) is 44.0. The van der Waals surface area contributed by atoms with Crippen molar-refractivity contribution in [1.29, 1.82) is 0 Å². The highest BCUT2D eigenvalue weighted by atomic mass is 16.8. The Kier molecular flexibility index (Phi) is 18.9. The number of rotatable bonds is 21. The lowest BCUT2D eigenvalue weighted by Gasteiger charge is -2.46. The first-order valence-corrected chi connectivity index (χ1v) is 18.5. The number of aliphatic hydroxyl groups excluding tert-OH is 17. The minimum absolute atomic E-state index is 0.825. The summed E-state index contributed by atoms with van der Waals surface area (Å²) in [5.41, 5.74) is 0. The fourth-order valence-corrected chi connectivity index (χ4v) is 7.06. The van der Waals surface area contributed by atoms with E-state index in [4.69, 9.17) is 37.9 Å². The van der Waals surface area contributed by atoms with Gasteiger partial charge in [0.25, 0.3) is 0 Å². The smallest absolute Gasteiger partial charge is 0.217 e. The van der Waals surface area contributed by atoms with E-state index in [1.54, 1.807) is 0 Å². The lowest BCUT2D eigenvalue weighted by molar-refractivity contribution is -0.330. The monoisotopic (exact) mass is 871 g/mol. The van der Waals surface area contributed by atoms with Gasteiger partial charge in [0, 0.05) is 6.92 Å². The normalized spacial score (nSPS) is 42.6. The lowest BCUT2D eigenvalue weighted by Crippen LogP contribution is -2.67. The van der Waals surface area contributed by atoms with Gasteiger partial charge in [-0.15, -0.1) is 0 Å². The Hall–Kier alpha value is -1.53. The topological polar surface area (TPSA) is 447 Å². The van der Waals surface area contributed by atoms with Crippen molar-refractivity contribution in [1.82, 2.24) is 5.32 Å². The Bertz CT molecular complexity index is 1280. The molecule has 27 heteroatoms. The lowest BCUT2D eigenvalue weighted by atomic mass is 9.96. The van der Waals surface area contributed by atoms with Crippen molar-refractivity contribution in [3.05, 3.63) is 0 Å². The third-order valence-corrected chi connectivity index (χ3v) is 10.3. The van der Waals surface area contributed by atoms with Gasteiger partial charge >= 0.3 is 0 Å². The molecule has 27 nitrogen and oxygen atoms in total. The van der Waals surface area contributed by atoms with Gasteiger partial charge in [-0.25, -0.2) is 0 Å². The van der Waals surface area contributed by atoms with E-state index in [9.17, 15) is 91.6 Å². The van der Waals surface area contributed by atoms with Crippen LogP contribution in [0.3, 0.4) is 0 Å². The van der Waals surface area contributed by atoms with Crippen LogP contribution in [0.15, 0.2) is 0 Å². The molecule has 0 saturated carbocycles. The Morgan fingerprint density at radius 1 is 0.559 bits per heavy atom. The zero-order valence-corrected chi connectivity index (χ0v) is 31.4. The molecule has 59 heavy (non-hydrogen) atoms. The molecule has 4 rings (SSSR count). The van der Waals surface area contributed by atoms with Gasteiger partial charge in [-0.05, 0) is 0 Å². The quantitative estimate of drug-likeness (QED) is 0.0509. The molecule has 0 radical (unpaired) electrons. The maximum atomic E-state index is 12.5. The molecule has 0 bridgehead atoms. The van der Waals surface area contributed by atoms with Crippen molar-refractivity contribution < 1.29 is 130 Å². The molecule has 0 aromatic rings. The van der Waals surface area contributed by atoms with Crippen LogP contribution < -0.4 is 5.32 Å². The van der Waals surface area contributed by atoms with E-state index in [1.807, 2.05) is 0 Å². The van der Waals surface area contributed by atoms with Gasteiger partial charge in [0.1, 0.15) is 122 Å². The molecule has 0 aromatic heterocycles. The second-order valence-electron chi connectivity index (χ2n) is 14.5. The van der Waals surface area contributed by atoms with E-state index in [0.29, 0.717) is 0 Å². The van der Waals surface area contributed by atoms with E-state index in [1.165, 1.54) is 0 Å². The number of hydrogen-bond donors (Lipinski definition) is 18. The van der Waals surface area contributed by atoms with Crippen LogP contribution in [-0.4, -0.2) is 280 Å². The standard InChI is InChI=1S/C32H57NO26/c1-8(40)33-15-27(58-31-21(50)19(48)24(55-31)11(43)4-36)17(46)13(6-38)52-29(15)59-28-22(51)25(12(44)5-37)56-32(28)53-14(7-39)26(16(45)9(41)2-34)57-30-20(49)18(47)23(54-30)10(42)3-35/h9-32,34-39,41-51H,2-7H2,1H3,(H,33,40)/t9-,10-,11-,12-,13-,14+,15-,16+,17-,18-,19-,20-,21-,22+,23+,24+,25+,26-,27-,28-,29-,30+,31-,32+/m1/s1. The van der Waals surface area contributed by atoms with Crippen molar-refractivity contribution >= 4 is 5.91 Å². The van der Waals surface area contributed by atoms with Gasteiger partial charge < -0.3 is 130 Å². The number of ether oxygens (including phenoxy) is 8. The van der Waals surface area contributed by atoms with Gasteiger partial charge in [0.2, 0.25) is 5.91 Å². The fraction of sp³-hybridized carbons (Fsp3) is 0.969. The predicted octanol–water partition coefficient (Wildman–Crippen LogP) is -12.1. The summed E-state index contributed by atoms with van der Waals surface area (Å²) >= 11 is 0. The first-order chi connectivity index (χ1) is 27.9. The summed E-state index contributed by atoms with van der Waals surface area (Å²) in [6, 6.07) is -1.70. The largest absolute Gasteiger partial charge is 0.394 e. The molecule has 18 N–H and O–H groups in total. The highest BCUT2D eigenvalue weighted by Gasteiger charge is 2.57. The van der Waals surface area contributed by atoms with E-state index in [2.05, 4.69) is 5.32 Å². The van der Waals surface area contributed by atoms with Crippen LogP contribution in [0.4, 0.5) is 0 Å². The summed E-state index contributed by atoms with van der Waals surface area (Å²) in [5.74, 6) is -0.825. The summed E-state index contributed by atoms with van der Waals surface area (Å²) in [7, 11) is 0. The molecule has 0 unspecified atom stereocenters. The van der Waals surface area contributed by atoms with Crippen LogP contribution in [0, 0.1) is 0 Å². The third kappa shape index (κ3) is 11.2. The second kappa shape index (κ2) is 22.2. The van der Waals surface area contributed by atoms with Crippen molar-refractivity contribution in [2.45, 2.75) is 154 Å². The highest BCUT2D eigenvalue weighted by molar-refractivity contribution is 5.73. The van der Waals surface area contributed by atoms with Crippen LogP contribution in [0.1, 0.15) is 6.92 Å². The Labute approximate surface area is 334 Å². The molecular weight excluding hydrogens is 814 g/mol. The highest BCUT2D eigenvalue weighted by Crippen LogP contribution is 2.36. The minimum Gasteiger partial charge on any atom is -0.394 e. The summed E-state index contributed by atoms with van der Waals surface area (Å²) in [6.07, 6.45) is -43.4. The van der Waals surface area contributed by atoms with Gasteiger partial charge in [0.15, 0.2) is 25.2 Å². The van der Waals surface area contributed by atoms with Crippen molar-refractivity contribution in [2.75, 3.05) is 39.6 Å². The molecule has 0 aliphatic carbocycles. The zero-order valence-electron chi connectivity index (χ0n) is 31.4. The molecule has 0 aromatic carbocycles. The van der Waals surface area contributed by atoms with Crippen LogP contribution in [-0.2, 0) is 42.7 Å².